The molecule has 7 heteroatoms. The molecule has 0 aromatic heterocycles. The Balaban J connectivity index is 1.57. The molecule has 36 heavy (non-hydrogen) atoms. The van der Waals surface area contributed by atoms with Crippen LogP contribution in [0.1, 0.15) is 23.6 Å². The van der Waals surface area contributed by atoms with Gasteiger partial charge in [0.2, 0.25) is 0 Å². The summed E-state index contributed by atoms with van der Waals surface area (Å²) in [4.78, 5) is 11.5. The maximum Gasteiger partial charge on any atom is 0.302 e. The maximum absolute atomic E-state index is 16.3. The first-order valence-electron chi connectivity index (χ1n) is 12.0. The van der Waals surface area contributed by atoms with Gasteiger partial charge in [0, 0.05) is 6.92 Å². The topological polar surface area (TPSA) is 63.2 Å². The molecule has 1 fully saturated rings. The van der Waals surface area contributed by atoms with Crippen LogP contribution in [0, 0.1) is 0 Å². The standard InChI is InChI=1S/C29H31FO6/c1-22(31)35-21-29(30)28(34-19-25-15-9-4-10-16-25)27(33-18-24-13-7-3-8-14-24)26(20-36-29)32-17-23-11-5-2-6-12-23/h2-16,26-28H,17-21H2,1H3/t26-,27-,28+,29+/m1/s1. The van der Waals surface area contributed by atoms with Crippen molar-refractivity contribution in [1.82, 2.24) is 0 Å². The highest BCUT2D eigenvalue weighted by Crippen LogP contribution is 2.35. The number of halogens is 1. The number of carbonyl (C=O) groups is 1. The van der Waals surface area contributed by atoms with Crippen molar-refractivity contribution >= 4 is 5.97 Å². The molecular formula is C29H31FO6. The number of hydrogen-bond donors (Lipinski definition) is 0. The van der Waals surface area contributed by atoms with E-state index in [1.54, 1.807) is 0 Å². The van der Waals surface area contributed by atoms with Crippen molar-refractivity contribution in [2.75, 3.05) is 13.2 Å². The largest absolute Gasteiger partial charge is 0.460 e. The molecule has 0 saturated carbocycles. The second kappa shape index (κ2) is 12.7. The average Bonchev–Trinajstić information content (AvgIpc) is 2.91. The lowest BCUT2D eigenvalue weighted by atomic mass is 9.97. The van der Waals surface area contributed by atoms with Gasteiger partial charge in [-0.3, -0.25) is 4.79 Å². The number of esters is 1. The van der Waals surface area contributed by atoms with Crippen molar-refractivity contribution in [1.29, 1.82) is 0 Å². The van der Waals surface area contributed by atoms with Crippen LogP contribution in [0.3, 0.4) is 0 Å². The van der Waals surface area contributed by atoms with Crippen LogP contribution < -0.4 is 0 Å². The Morgan fingerprint density at radius 2 is 1.28 bits per heavy atom. The molecule has 0 radical (unpaired) electrons. The Bertz CT molecular complexity index is 1060. The van der Waals surface area contributed by atoms with Gasteiger partial charge < -0.3 is 23.7 Å². The van der Waals surface area contributed by atoms with Crippen LogP contribution >= 0.6 is 0 Å². The van der Waals surface area contributed by atoms with Crippen LogP contribution in [-0.2, 0) is 48.3 Å². The second-order valence-corrected chi connectivity index (χ2v) is 8.69. The molecule has 0 amide bonds. The van der Waals surface area contributed by atoms with Crippen molar-refractivity contribution in [3.8, 4) is 0 Å². The van der Waals surface area contributed by atoms with E-state index in [2.05, 4.69) is 0 Å². The van der Waals surface area contributed by atoms with E-state index in [1.807, 2.05) is 91.0 Å². The minimum absolute atomic E-state index is 0.0880. The molecule has 0 N–H and O–H groups in total. The minimum atomic E-state index is -2.41. The maximum atomic E-state index is 16.3. The highest BCUT2D eigenvalue weighted by molar-refractivity contribution is 5.65. The number of rotatable bonds is 11. The third-order valence-corrected chi connectivity index (χ3v) is 5.91. The summed E-state index contributed by atoms with van der Waals surface area (Å²) in [7, 11) is 0. The van der Waals surface area contributed by atoms with Crippen LogP contribution in [0.2, 0.25) is 0 Å². The first kappa shape index (κ1) is 26.0. The van der Waals surface area contributed by atoms with Crippen LogP contribution in [0.4, 0.5) is 4.39 Å². The monoisotopic (exact) mass is 494 g/mol. The van der Waals surface area contributed by atoms with Crippen molar-refractivity contribution in [3.63, 3.8) is 0 Å². The number of benzene rings is 3. The highest BCUT2D eigenvalue weighted by Gasteiger charge is 2.54. The highest BCUT2D eigenvalue weighted by atomic mass is 19.2. The number of carbonyl (C=O) groups excluding carboxylic acids is 1. The van der Waals surface area contributed by atoms with Gasteiger partial charge in [-0.05, 0) is 16.7 Å². The normalized spacial score (nSPS) is 23.8. The van der Waals surface area contributed by atoms with Crippen LogP contribution in [0.5, 0.6) is 0 Å². The molecule has 3 aromatic carbocycles. The van der Waals surface area contributed by atoms with Crippen molar-refractivity contribution < 1.29 is 32.9 Å². The molecule has 4 atom stereocenters. The molecule has 0 bridgehead atoms. The van der Waals surface area contributed by atoms with E-state index in [4.69, 9.17) is 23.7 Å². The molecule has 0 aliphatic carbocycles. The van der Waals surface area contributed by atoms with Crippen LogP contribution in [-0.4, -0.2) is 43.3 Å². The van der Waals surface area contributed by atoms with Crippen molar-refractivity contribution in [2.45, 2.75) is 50.9 Å². The van der Waals surface area contributed by atoms with Gasteiger partial charge in [-0.1, -0.05) is 91.0 Å². The zero-order chi connectivity index (χ0) is 25.2. The number of alkyl halides is 1. The Labute approximate surface area is 210 Å². The van der Waals surface area contributed by atoms with E-state index >= 15 is 4.39 Å². The lowest BCUT2D eigenvalue weighted by Gasteiger charge is -2.45. The fourth-order valence-corrected chi connectivity index (χ4v) is 4.02. The van der Waals surface area contributed by atoms with E-state index in [1.165, 1.54) is 6.92 Å². The first-order valence-corrected chi connectivity index (χ1v) is 12.0. The molecular weight excluding hydrogens is 463 g/mol. The van der Waals surface area contributed by atoms with Gasteiger partial charge in [0.15, 0.2) is 6.61 Å². The summed E-state index contributed by atoms with van der Waals surface area (Å²) < 4.78 is 45.4. The molecule has 4 rings (SSSR count). The Hall–Kier alpha value is -3.10. The summed E-state index contributed by atoms with van der Waals surface area (Å²) in [5, 5.41) is 0. The Morgan fingerprint density at radius 1 is 0.806 bits per heavy atom. The Morgan fingerprint density at radius 3 is 1.78 bits per heavy atom. The molecule has 3 aromatic rings. The minimum Gasteiger partial charge on any atom is -0.460 e. The zero-order valence-electron chi connectivity index (χ0n) is 20.3. The summed E-state index contributed by atoms with van der Waals surface area (Å²) in [6.45, 7) is 1.17. The van der Waals surface area contributed by atoms with Crippen LogP contribution in [0.15, 0.2) is 91.0 Å². The molecule has 190 valence electrons. The van der Waals surface area contributed by atoms with Crippen molar-refractivity contribution in [3.05, 3.63) is 108 Å². The van der Waals surface area contributed by atoms with Gasteiger partial charge in [0.1, 0.15) is 18.3 Å². The Kier molecular flexibility index (Phi) is 9.19. The molecule has 1 aliphatic heterocycles. The van der Waals surface area contributed by atoms with Gasteiger partial charge >= 0.3 is 5.97 Å². The molecule has 0 spiro atoms. The quantitative estimate of drug-likeness (QED) is 0.350. The lowest BCUT2D eigenvalue weighted by molar-refractivity contribution is -0.325. The first-order chi connectivity index (χ1) is 17.5. The summed E-state index contributed by atoms with van der Waals surface area (Å²) in [6.07, 6.45) is -2.65. The predicted molar refractivity (Wildman–Crippen MR) is 131 cm³/mol. The van der Waals surface area contributed by atoms with E-state index in [9.17, 15) is 4.79 Å². The SMILES string of the molecule is CC(=O)OC[C@]1(F)OC[C@@H](OCc2ccccc2)[C@@H](OCc2ccccc2)[C@@H]1OCc1ccccc1. The third kappa shape index (κ3) is 7.21. The molecule has 1 heterocycles. The van der Waals surface area contributed by atoms with Gasteiger partial charge in [-0.2, -0.15) is 0 Å². The third-order valence-electron chi connectivity index (χ3n) is 5.91. The van der Waals surface area contributed by atoms with E-state index < -0.39 is 36.7 Å². The van der Waals surface area contributed by atoms with Crippen LogP contribution in [0.25, 0.3) is 0 Å². The summed E-state index contributed by atoms with van der Waals surface area (Å²) in [6, 6.07) is 28.7. The second-order valence-electron chi connectivity index (χ2n) is 8.69. The number of ether oxygens (including phenoxy) is 5. The van der Waals surface area contributed by atoms with E-state index in [-0.39, 0.29) is 19.8 Å². The number of hydrogen-bond acceptors (Lipinski definition) is 6. The summed E-state index contributed by atoms with van der Waals surface area (Å²) in [5.74, 6) is -3.02. The smallest absolute Gasteiger partial charge is 0.302 e. The lowest BCUT2D eigenvalue weighted by Crippen LogP contribution is -2.63. The van der Waals surface area contributed by atoms with Gasteiger partial charge in [-0.15, -0.1) is 0 Å². The molecule has 0 unspecified atom stereocenters. The molecule has 1 saturated heterocycles. The zero-order valence-corrected chi connectivity index (χ0v) is 20.3. The fourth-order valence-electron chi connectivity index (χ4n) is 4.02. The predicted octanol–water partition coefficient (Wildman–Crippen LogP) is 5.00. The summed E-state index contributed by atoms with van der Waals surface area (Å²) >= 11 is 0. The van der Waals surface area contributed by atoms with Gasteiger partial charge in [0.05, 0.1) is 26.4 Å². The van der Waals surface area contributed by atoms with Gasteiger partial charge in [-0.25, -0.2) is 4.39 Å². The fraction of sp³-hybridized carbons (Fsp3) is 0.345. The van der Waals surface area contributed by atoms with Gasteiger partial charge in [0.25, 0.3) is 5.85 Å². The molecule has 1 aliphatic rings. The molecule has 6 nitrogen and oxygen atoms in total. The van der Waals surface area contributed by atoms with E-state index in [0.29, 0.717) is 6.61 Å². The average molecular weight is 495 g/mol. The summed E-state index contributed by atoms with van der Waals surface area (Å²) in [5.41, 5.74) is 2.76. The van der Waals surface area contributed by atoms with E-state index in [0.717, 1.165) is 16.7 Å². The van der Waals surface area contributed by atoms with Crippen molar-refractivity contribution in [2.24, 2.45) is 0 Å².